The standard InChI is InChI=1S/C31H33F2NO4/c1-20(2)23-11-7-22(8-12-23)16-31(3)17-25-15-21(9-13-27(25)38-31)10-14-28(35)34(19-29(36)37)18-24-5-4-6-26(32)30(24)33/h4-9,11-13,15,20H,10,14,16-19H2,1-3H3,(H,36,37)/t31-/m1/s1. The van der Waals surface area contributed by atoms with Crippen LogP contribution in [0.25, 0.3) is 0 Å². The van der Waals surface area contributed by atoms with Crippen molar-refractivity contribution in [1.29, 1.82) is 0 Å². The Hall–Kier alpha value is -3.74. The van der Waals surface area contributed by atoms with Crippen LogP contribution in [0.5, 0.6) is 5.75 Å². The third kappa shape index (κ3) is 6.57. The molecule has 0 saturated heterocycles. The lowest BCUT2D eigenvalue weighted by Gasteiger charge is -2.24. The van der Waals surface area contributed by atoms with E-state index < -0.39 is 30.1 Å². The van der Waals surface area contributed by atoms with E-state index in [1.54, 1.807) is 0 Å². The molecule has 3 aromatic rings. The van der Waals surface area contributed by atoms with Crippen LogP contribution in [0.4, 0.5) is 8.78 Å². The summed E-state index contributed by atoms with van der Waals surface area (Å²) in [6.45, 7) is 5.53. The minimum atomic E-state index is -1.22. The predicted molar refractivity (Wildman–Crippen MR) is 141 cm³/mol. The van der Waals surface area contributed by atoms with Crippen molar-refractivity contribution in [2.45, 2.75) is 64.5 Å². The van der Waals surface area contributed by atoms with E-state index in [4.69, 9.17) is 4.74 Å². The van der Waals surface area contributed by atoms with Crippen molar-refractivity contribution >= 4 is 11.9 Å². The third-order valence-electron chi connectivity index (χ3n) is 6.97. The lowest BCUT2D eigenvalue weighted by molar-refractivity contribution is -0.144. The number of amides is 1. The Kier molecular flexibility index (Phi) is 8.14. The Morgan fingerprint density at radius 1 is 1.05 bits per heavy atom. The maximum atomic E-state index is 14.1. The Bertz CT molecular complexity index is 1320. The van der Waals surface area contributed by atoms with Crippen molar-refractivity contribution in [2.24, 2.45) is 0 Å². The minimum Gasteiger partial charge on any atom is -0.487 e. The highest BCUT2D eigenvalue weighted by atomic mass is 19.2. The minimum absolute atomic E-state index is 0.0450. The van der Waals surface area contributed by atoms with Gasteiger partial charge in [0.1, 0.15) is 17.9 Å². The molecule has 0 fully saturated rings. The number of carbonyl (C=O) groups excluding carboxylic acids is 1. The van der Waals surface area contributed by atoms with E-state index in [9.17, 15) is 23.5 Å². The van der Waals surface area contributed by atoms with Crippen LogP contribution in [-0.4, -0.2) is 34.0 Å². The normalized spacial score (nSPS) is 16.3. The molecule has 0 saturated carbocycles. The summed E-state index contributed by atoms with van der Waals surface area (Å²) in [4.78, 5) is 25.2. The van der Waals surface area contributed by atoms with Crippen molar-refractivity contribution < 1.29 is 28.2 Å². The second-order valence-corrected chi connectivity index (χ2v) is 10.6. The Balaban J connectivity index is 1.39. The lowest BCUT2D eigenvalue weighted by Crippen LogP contribution is -2.35. The molecule has 1 heterocycles. The number of benzene rings is 3. The Morgan fingerprint density at radius 3 is 2.45 bits per heavy atom. The number of fused-ring (bicyclic) bond motifs is 1. The van der Waals surface area contributed by atoms with E-state index >= 15 is 0 Å². The zero-order chi connectivity index (χ0) is 27.4. The first-order valence-corrected chi connectivity index (χ1v) is 12.8. The summed E-state index contributed by atoms with van der Waals surface area (Å²) in [5, 5.41) is 9.24. The number of aryl methyl sites for hydroxylation is 1. The zero-order valence-electron chi connectivity index (χ0n) is 22.0. The van der Waals surface area contributed by atoms with Gasteiger partial charge in [-0.25, -0.2) is 8.78 Å². The van der Waals surface area contributed by atoms with E-state index in [0.717, 1.165) is 40.7 Å². The molecule has 1 amide bonds. The van der Waals surface area contributed by atoms with Crippen molar-refractivity contribution in [3.63, 3.8) is 0 Å². The highest BCUT2D eigenvalue weighted by molar-refractivity contribution is 5.81. The molecular formula is C31H33F2NO4. The van der Waals surface area contributed by atoms with Gasteiger partial charge in [0.05, 0.1) is 0 Å². The Morgan fingerprint density at radius 2 is 1.76 bits per heavy atom. The molecule has 1 aliphatic heterocycles. The van der Waals surface area contributed by atoms with Gasteiger partial charge in [-0.15, -0.1) is 0 Å². The number of nitrogens with zero attached hydrogens (tertiary/aromatic N) is 1. The molecule has 0 bridgehead atoms. The second kappa shape index (κ2) is 11.3. The molecule has 4 rings (SSSR count). The van der Waals surface area contributed by atoms with Crippen molar-refractivity contribution in [2.75, 3.05) is 6.54 Å². The molecule has 0 unspecified atom stereocenters. The van der Waals surface area contributed by atoms with Gasteiger partial charge in [-0.2, -0.15) is 0 Å². The number of rotatable bonds is 10. The molecule has 0 radical (unpaired) electrons. The molecule has 0 spiro atoms. The van der Waals surface area contributed by atoms with Crippen LogP contribution in [0.3, 0.4) is 0 Å². The van der Waals surface area contributed by atoms with Gasteiger partial charge in [-0.3, -0.25) is 9.59 Å². The van der Waals surface area contributed by atoms with Gasteiger partial charge in [-0.1, -0.05) is 62.4 Å². The summed E-state index contributed by atoms with van der Waals surface area (Å²) >= 11 is 0. The van der Waals surface area contributed by atoms with Gasteiger partial charge >= 0.3 is 5.97 Å². The molecule has 0 aliphatic carbocycles. The largest absolute Gasteiger partial charge is 0.487 e. The average molecular weight is 522 g/mol. The summed E-state index contributed by atoms with van der Waals surface area (Å²) in [7, 11) is 0. The molecule has 200 valence electrons. The molecule has 38 heavy (non-hydrogen) atoms. The van der Waals surface area contributed by atoms with Gasteiger partial charge in [0, 0.05) is 31.4 Å². The van der Waals surface area contributed by atoms with E-state index in [2.05, 4.69) is 45.0 Å². The first-order valence-electron chi connectivity index (χ1n) is 12.8. The maximum absolute atomic E-state index is 14.1. The van der Waals surface area contributed by atoms with Gasteiger partial charge in [0.2, 0.25) is 5.91 Å². The predicted octanol–water partition coefficient (Wildman–Crippen LogP) is 6.07. The topological polar surface area (TPSA) is 66.8 Å². The van der Waals surface area contributed by atoms with E-state index in [1.807, 2.05) is 18.2 Å². The summed E-state index contributed by atoms with van der Waals surface area (Å²) in [6.07, 6.45) is 1.94. The number of hydrogen-bond donors (Lipinski definition) is 1. The molecule has 7 heteroatoms. The van der Waals surface area contributed by atoms with Gasteiger partial charge < -0.3 is 14.7 Å². The SMILES string of the molecule is CC(C)c1ccc(C[C@]2(C)Cc3cc(CCC(=O)N(CC(=O)O)Cc4cccc(F)c4F)ccc3O2)cc1. The van der Waals surface area contributed by atoms with E-state index in [0.29, 0.717) is 12.3 Å². The lowest BCUT2D eigenvalue weighted by atomic mass is 9.90. The highest BCUT2D eigenvalue weighted by Crippen LogP contribution is 2.38. The molecule has 1 atom stereocenters. The molecular weight excluding hydrogens is 488 g/mol. The smallest absolute Gasteiger partial charge is 0.323 e. The number of carboxylic acids is 1. The molecule has 1 aliphatic rings. The van der Waals surface area contributed by atoms with Gasteiger partial charge in [0.25, 0.3) is 0 Å². The van der Waals surface area contributed by atoms with Gasteiger partial charge in [-0.05, 0) is 53.6 Å². The highest BCUT2D eigenvalue weighted by Gasteiger charge is 2.35. The van der Waals surface area contributed by atoms with Crippen LogP contribution in [-0.2, 0) is 35.4 Å². The third-order valence-corrected chi connectivity index (χ3v) is 6.97. The Labute approximate surface area is 222 Å². The van der Waals surface area contributed by atoms with Crippen LogP contribution in [0.15, 0.2) is 60.7 Å². The summed E-state index contributed by atoms with van der Waals surface area (Å²) < 4.78 is 34.0. The number of halogens is 2. The molecule has 3 aromatic carbocycles. The number of ether oxygens (including phenoxy) is 1. The van der Waals surface area contributed by atoms with E-state index in [-0.39, 0.29) is 24.1 Å². The van der Waals surface area contributed by atoms with Crippen molar-refractivity contribution in [3.05, 3.63) is 100 Å². The second-order valence-electron chi connectivity index (χ2n) is 10.6. The van der Waals surface area contributed by atoms with E-state index in [1.165, 1.54) is 23.3 Å². The van der Waals surface area contributed by atoms with Crippen LogP contribution < -0.4 is 4.74 Å². The number of hydrogen-bond acceptors (Lipinski definition) is 3. The van der Waals surface area contributed by atoms with Crippen molar-refractivity contribution in [3.8, 4) is 5.75 Å². The molecule has 5 nitrogen and oxygen atoms in total. The first kappa shape index (κ1) is 27.3. The van der Waals surface area contributed by atoms with Crippen LogP contribution in [0.1, 0.15) is 60.9 Å². The zero-order valence-corrected chi connectivity index (χ0v) is 22.0. The van der Waals surface area contributed by atoms with Crippen LogP contribution >= 0.6 is 0 Å². The summed E-state index contributed by atoms with van der Waals surface area (Å²) in [6, 6.07) is 18.1. The fraction of sp³-hybridized carbons (Fsp3) is 0.355. The monoisotopic (exact) mass is 521 g/mol. The average Bonchev–Trinajstić information content (AvgIpc) is 3.19. The quantitative estimate of drug-likeness (QED) is 0.352. The fourth-order valence-corrected chi connectivity index (χ4v) is 4.96. The number of carboxylic acid groups (broad SMARTS) is 1. The van der Waals surface area contributed by atoms with Crippen LogP contribution in [0, 0.1) is 11.6 Å². The first-order chi connectivity index (χ1) is 18.0. The number of carbonyl (C=O) groups is 2. The molecule has 0 aromatic heterocycles. The molecule has 1 N–H and O–H groups in total. The fourth-order valence-electron chi connectivity index (χ4n) is 4.96. The van der Waals surface area contributed by atoms with Crippen LogP contribution in [0.2, 0.25) is 0 Å². The summed E-state index contributed by atoms with van der Waals surface area (Å²) in [5.74, 6) is -2.46. The maximum Gasteiger partial charge on any atom is 0.323 e. The van der Waals surface area contributed by atoms with Crippen molar-refractivity contribution in [1.82, 2.24) is 4.90 Å². The number of aliphatic carboxylic acids is 1. The van der Waals surface area contributed by atoms with Gasteiger partial charge in [0.15, 0.2) is 11.6 Å². The summed E-state index contributed by atoms with van der Waals surface area (Å²) in [5.41, 5.74) is 4.08.